The van der Waals surface area contributed by atoms with Gasteiger partial charge >= 0.3 is 0 Å². The molecule has 0 spiro atoms. The molecule has 0 aliphatic heterocycles. The van der Waals surface area contributed by atoms with E-state index in [0.29, 0.717) is 0 Å². The van der Waals surface area contributed by atoms with Crippen LogP contribution in [-0.4, -0.2) is 47.3 Å². The summed E-state index contributed by atoms with van der Waals surface area (Å²) in [6.45, 7) is 1.44. The van der Waals surface area contributed by atoms with E-state index in [9.17, 15) is 0 Å². The minimum Gasteiger partial charge on any atom is -0.391 e. The summed E-state index contributed by atoms with van der Waals surface area (Å²) in [5.41, 5.74) is 0. The average Bonchev–Trinajstić information content (AvgIpc) is 1.87. The van der Waals surface area contributed by atoms with Crippen molar-refractivity contribution in [3.05, 3.63) is 0 Å². The molecule has 0 heterocycles. The van der Waals surface area contributed by atoms with Crippen LogP contribution in [0.5, 0.6) is 0 Å². The zero-order valence-corrected chi connectivity index (χ0v) is 6.19. The fourth-order valence-electron chi connectivity index (χ4n) is 0.591. The van der Waals surface area contributed by atoms with E-state index in [2.05, 4.69) is 4.74 Å². The van der Waals surface area contributed by atoms with Gasteiger partial charge < -0.3 is 20.1 Å². The van der Waals surface area contributed by atoms with Crippen molar-refractivity contribution < 1.29 is 20.1 Å². The van der Waals surface area contributed by atoms with Crippen LogP contribution >= 0.6 is 0 Å². The Balaban J connectivity index is 3.58. The Morgan fingerprint density at radius 1 is 1.30 bits per heavy atom. The van der Waals surface area contributed by atoms with Gasteiger partial charge in [0, 0.05) is 7.11 Å². The van der Waals surface area contributed by atoms with Crippen molar-refractivity contribution in [2.24, 2.45) is 0 Å². The van der Waals surface area contributed by atoms with Crippen LogP contribution in [0.3, 0.4) is 0 Å². The standard InChI is InChI=1S/C6H14O4/c1-4(7)6(9)5(8)3-10-2/h4-9H,3H2,1-2H3/t4?,5-,6?/m1/s1. The van der Waals surface area contributed by atoms with Crippen LogP contribution in [0.1, 0.15) is 6.92 Å². The summed E-state index contributed by atoms with van der Waals surface area (Å²) in [6.07, 6.45) is -3.06. The topological polar surface area (TPSA) is 69.9 Å². The summed E-state index contributed by atoms with van der Waals surface area (Å²) in [6, 6.07) is 0. The highest BCUT2D eigenvalue weighted by atomic mass is 16.5. The number of hydrogen-bond donors (Lipinski definition) is 3. The first-order valence-corrected chi connectivity index (χ1v) is 3.12. The van der Waals surface area contributed by atoms with Gasteiger partial charge in [0.15, 0.2) is 0 Å². The van der Waals surface area contributed by atoms with Gasteiger partial charge in [-0.25, -0.2) is 0 Å². The lowest BCUT2D eigenvalue weighted by atomic mass is 10.1. The average molecular weight is 150 g/mol. The number of hydrogen-bond acceptors (Lipinski definition) is 4. The van der Waals surface area contributed by atoms with Gasteiger partial charge in [0.1, 0.15) is 12.2 Å². The fourth-order valence-corrected chi connectivity index (χ4v) is 0.591. The van der Waals surface area contributed by atoms with Gasteiger partial charge in [-0.15, -0.1) is 0 Å². The summed E-state index contributed by atoms with van der Waals surface area (Å²) in [4.78, 5) is 0. The van der Waals surface area contributed by atoms with Crippen LogP contribution < -0.4 is 0 Å². The van der Waals surface area contributed by atoms with Crippen molar-refractivity contribution in [2.75, 3.05) is 13.7 Å². The maximum Gasteiger partial charge on any atom is 0.108 e. The first kappa shape index (κ1) is 9.84. The molecule has 3 N–H and O–H groups in total. The third kappa shape index (κ3) is 3.12. The Kier molecular flexibility index (Phi) is 4.55. The maximum atomic E-state index is 8.95. The van der Waals surface area contributed by atoms with Gasteiger partial charge in [0.05, 0.1) is 12.7 Å². The summed E-state index contributed by atoms with van der Waals surface area (Å²) in [5.74, 6) is 0. The molecule has 2 unspecified atom stereocenters. The first-order valence-electron chi connectivity index (χ1n) is 3.12. The molecule has 0 aromatic heterocycles. The molecule has 4 nitrogen and oxygen atoms in total. The van der Waals surface area contributed by atoms with Crippen molar-refractivity contribution in [3.63, 3.8) is 0 Å². The normalized spacial score (nSPS) is 20.1. The second-order valence-corrected chi connectivity index (χ2v) is 2.25. The van der Waals surface area contributed by atoms with Gasteiger partial charge in [0.25, 0.3) is 0 Å². The highest BCUT2D eigenvalue weighted by Gasteiger charge is 2.20. The number of ether oxygens (including phenoxy) is 1. The molecule has 0 fully saturated rings. The Hall–Kier alpha value is -0.160. The minimum atomic E-state index is -1.13. The number of rotatable bonds is 4. The molecule has 0 saturated heterocycles. The first-order chi connectivity index (χ1) is 4.59. The molecule has 0 aliphatic carbocycles. The van der Waals surface area contributed by atoms with E-state index >= 15 is 0 Å². The van der Waals surface area contributed by atoms with Gasteiger partial charge in [0.2, 0.25) is 0 Å². The largest absolute Gasteiger partial charge is 0.391 e. The third-order valence-corrected chi connectivity index (χ3v) is 1.23. The summed E-state index contributed by atoms with van der Waals surface area (Å²) >= 11 is 0. The van der Waals surface area contributed by atoms with Crippen LogP contribution in [0.2, 0.25) is 0 Å². The molecule has 0 rings (SSSR count). The minimum absolute atomic E-state index is 0.0338. The van der Waals surface area contributed by atoms with Crippen molar-refractivity contribution in [1.82, 2.24) is 0 Å². The van der Waals surface area contributed by atoms with Crippen LogP contribution in [0.25, 0.3) is 0 Å². The zero-order chi connectivity index (χ0) is 8.15. The molecule has 62 valence electrons. The summed E-state index contributed by atoms with van der Waals surface area (Å²) in [7, 11) is 1.41. The molecular formula is C6H14O4. The summed E-state index contributed by atoms with van der Waals surface area (Å²) in [5, 5.41) is 26.7. The van der Waals surface area contributed by atoms with Crippen LogP contribution in [0, 0.1) is 0 Å². The van der Waals surface area contributed by atoms with Crippen molar-refractivity contribution in [3.8, 4) is 0 Å². The van der Waals surface area contributed by atoms with Gasteiger partial charge in [-0.2, -0.15) is 0 Å². The fraction of sp³-hybridized carbons (Fsp3) is 1.00. The van der Waals surface area contributed by atoms with Gasteiger partial charge in [-0.05, 0) is 6.92 Å². The molecule has 0 aliphatic rings. The van der Waals surface area contributed by atoms with Crippen molar-refractivity contribution in [1.29, 1.82) is 0 Å². The second-order valence-electron chi connectivity index (χ2n) is 2.25. The van der Waals surface area contributed by atoms with Crippen LogP contribution in [0.4, 0.5) is 0 Å². The monoisotopic (exact) mass is 150 g/mol. The van der Waals surface area contributed by atoms with Gasteiger partial charge in [-0.3, -0.25) is 0 Å². The molecule has 3 atom stereocenters. The van der Waals surface area contributed by atoms with E-state index in [1.165, 1.54) is 14.0 Å². The lowest BCUT2D eigenvalue weighted by molar-refractivity contribution is -0.0761. The van der Waals surface area contributed by atoms with Crippen molar-refractivity contribution >= 4 is 0 Å². The Morgan fingerprint density at radius 3 is 2.10 bits per heavy atom. The number of aliphatic hydroxyl groups excluding tert-OH is 3. The molecule has 0 aromatic rings. The highest BCUT2D eigenvalue weighted by molar-refractivity contribution is 4.70. The Bertz CT molecular complexity index is 83.8. The third-order valence-electron chi connectivity index (χ3n) is 1.23. The quantitative estimate of drug-likeness (QED) is 0.467. The van der Waals surface area contributed by atoms with E-state index < -0.39 is 18.3 Å². The lowest BCUT2D eigenvalue weighted by Crippen LogP contribution is -2.38. The molecule has 0 aromatic carbocycles. The molecule has 0 bridgehead atoms. The maximum absolute atomic E-state index is 8.95. The van der Waals surface area contributed by atoms with Gasteiger partial charge in [-0.1, -0.05) is 0 Å². The van der Waals surface area contributed by atoms with E-state index in [1.807, 2.05) is 0 Å². The van der Waals surface area contributed by atoms with Crippen LogP contribution in [-0.2, 0) is 4.74 Å². The predicted molar refractivity (Wildman–Crippen MR) is 35.6 cm³/mol. The molecule has 0 saturated carbocycles. The highest BCUT2D eigenvalue weighted by Crippen LogP contribution is 1.98. The summed E-state index contributed by atoms with van der Waals surface area (Å²) < 4.78 is 4.55. The Morgan fingerprint density at radius 2 is 1.80 bits per heavy atom. The van der Waals surface area contributed by atoms with Crippen LogP contribution in [0.15, 0.2) is 0 Å². The molecule has 0 amide bonds. The molecule has 10 heavy (non-hydrogen) atoms. The number of methoxy groups -OCH3 is 1. The Labute approximate surface area is 60.1 Å². The smallest absolute Gasteiger partial charge is 0.108 e. The van der Waals surface area contributed by atoms with Crippen molar-refractivity contribution in [2.45, 2.75) is 25.2 Å². The predicted octanol–water partition coefficient (Wildman–Crippen LogP) is -1.26. The van der Waals surface area contributed by atoms with E-state index in [-0.39, 0.29) is 6.61 Å². The lowest BCUT2D eigenvalue weighted by Gasteiger charge is -2.18. The second kappa shape index (κ2) is 4.62. The van der Waals surface area contributed by atoms with E-state index in [1.54, 1.807) is 0 Å². The SMILES string of the molecule is COC[C@@H](O)C(O)C(C)O. The van der Waals surface area contributed by atoms with E-state index in [4.69, 9.17) is 15.3 Å². The molecule has 0 radical (unpaired) electrons. The zero-order valence-electron chi connectivity index (χ0n) is 6.19. The molecule has 4 heteroatoms. The molecular weight excluding hydrogens is 136 g/mol. The van der Waals surface area contributed by atoms with E-state index in [0.717, 1.165) is 0 Å². The number of aliphatic hydroxyl groups is 3.